The number of nitrogens with zero attached hydrogens (tertiary/aromatic N) is 2. The van der Waals surface area contributed by atoms with E-state index in [1.807, 2.05) is 44.2 Å². The number of hydrogen-bond donors (Lipinski definition) is 1. The number of nitrogen functional groups attached to an aromatic ring is 1. The van der Waals surface area contributed by atoms with Crippen molar-refractivity contribution in [3.63, 3.8) is 0 Å². The molecule has 1 aliphatic heterocycles. The first-order chi connectivity index (χ1) is 17.8. The summed E-state index contributed by atoms with van der Waals surface area (Å²) in [5, 5.41) is 0.713. The Kier molecular flexibility index (Phi) is 9.63. The summed E-state index contributed by atoms with van der Waals surface area (Å²) >= 11 is 8.00. The molecule has 0 aliphatic carbocycles. The van der Waals surface area contributed by atoms with Crippen molar-refractivity contribution in [3.05, 3.63) is 63.1 Å². The summed E-state index contributed by atoms with van der Waals surface area (Å²) < 4.78 is 6.05. The molecule has 0 saturated carbocycles. The zero-order valence-corrected chi connectivity index (χ0v) is 23.8. The van der Waals surface area contributed by atoms with Gasteiger partial charge in [0.25, 0.3) is 0 Å². The fourth-order valence-corrected chi connectivity index (χ4v) is 6.13. The lowest BCUT2D eigenvalue weighted by atomic mass is 10.0. The predicted octanol–water partition coefficient (Wildman–Crippen LogP) is 7.72. The second-order valence-corrected chi connectivity index (χ2v) is 11.8. The molecule has 0 bridgehead atoms. The van der Waals surface area contributed by atoms with Crippen LogP contribution in [-0.2, 0) is 6.61 Å². The summed E-state index contributed by atoms with van der Waals surface area (Å²) in [5.74, 6) is 1.76. The van der Waals surface area contributed by atoms with Crippen molar-refractivity contribution in [2.75, 3.05) is 25.4 Å². The highest BCUT2D eigenvalue weighted by molar-refractivity contribution is 7.17. The summed E-state index contributed by atoms with van der Waals surface area (Å²) in [6.07, 6.45) is 8.24. The number of ether oxygens (including phenoxy) is 1. The van der Waals surface area contributed by atoms with Gasteiger partial charge in [-0.25, -0.2) is 4.98 Å². The lowest BCUT2D eigenvalue weighted by Gasteiger charge is -2.19. The van der Waals surface area contributed by atoms with Gasteiger partial charge in [-0.05, 0) is 87.9 Å². The Balaban J connectivity index is 1.31. The number of nitrogens with two attached hydrogens (primary N) is 1. The molecule has 198 valence electrons. The Labute approximate surface area is 230 Å². The summed E-state index contributed by atoms with van der Waals surface area (Å²) in [6, 6.07) is 9.84. The van der Waals surface area contributed by atoms with E-state index in [-0.39, 0.29) is 5.78 Å². The number of aromatic nitrogens is 1. The largest absolute Gasteiger partial charge is 0.485 e. The Morgan fingerprint density at radius 3 is 2.70 bits per heavy atom. The molecular formula is C30H38ClN3O2S. The summed E-state index contributed by atoms with van der Waals surface area (Å²) in [5.41, 5.74) is 10.0. The minimum absolute atomic E-state index is 0.216. The molecule has 2 N–H and O–H groups in total. The van der Waals surface area contributed by atoms with Gasteiger partial charge in [0, 0.05) is 35.2 Å². The first-order valence-corrected chi connectivity index (χ1v) is 14.5. The van der Waals surface area contributed by atoms with E-state index in [0.29, 0.717) is 35.5 Å². The second-order valence-electron chi connectivity index (χ2n) is 10.3. The lowest BCUT2D eigenvalue weighted by molar-refractivity contribution is 0.0982. The molecule has 1 unspecified atom stereocenters. The number of aryl methyl sites for hydroxylation is 2. The van der Waals surface area contributed by atoms with Gasteiger partial charge < -0.3 is 15.4 Å². The van der Waals surface area contributed by atoms with Crippen molar-refractivity contribution in [1.29, 1.82) is 0 Å². The Morgan fingerprint density at radius 2 is 1.92 bits per heavy atom. The number of rotatable bonds is 12. The zero-order valence-electron chi connectivity index (χ0n) is 22.2. The van der Waals surface area contributed by atoms with Crippen LogP contribution in [0.5, 0.6) is 5.75 Å². The predicted molar refractivity (Wildman–Crippen MR) is 155 cm³/mol. The smallest absolute Gasteiger partial charge is 0.172 e. The van der Waals surface area contributed by atoms with Gasteiger partial charge in [-0.3, -0.25) is 4.79 Å². The van der Waals surface area contributed by atoms with Crippen LogP contribution in [0.15, 0.2) is 36.5 Å². The quantitative estimate of drug-likeness (QED) is 0.188. The van der Waals surface area contributed by atoms with Crippen LogP contribution in [0.1, 0.15) is 71.8 Å². The molecule has 3 heterocycles. The van der Waals surface area contributed by atoms with E-state index in [2.05, 4.69) is 16.8 Å². The molecule has 1 aliphatic rings. The molecular weight excluding hydrogens is 502 g/mol. The van der Waals surface area contributed by atoms with E-state index < -0.39 is 0 Å². The molecule has 4 rings (SSSR count). The Morgan fingerprint density at radius 1 is 1.16 bits per heavy atom. The van der Waals surface area contributed by atoms with Gasteiger partial charge in [0.15, 0.2) is 17.4 Å². The van der Waals surface area contributed by atoms with Gasteiger partial charge in [0.2, 0.25) is 0 Å². The Hall–Kier alpha value is -2.41. The van der Waals surface area contributed by atoms with Crippen molar-refractivity contribution >= 4 is 34.5 Å². The van der Waals surface area contributed by atoms with Crippen LogP contribution >= 0.6 is 22.9 Å². The third-order valence-electron chi connectivity index (χ3n) is 7.21. The molecule has 7 heteroatoms. The van der Waals surface area contributed by atoms with Gasteiger partial charge in [-0.15, -0.1) is 11.3 Å². The standard InChI is InChI=1S/C30H38ClN3O2S/c1-20(18-34-14-6-7-15-34)8-4-5-9-25(35)28-13-12-27(37-28)23-16-26(30(32)33-17-23)36-19-24-21(2)10-11-22(3)29(24)31/h10-13,16-17,20H,4-9,14-15,18-19H2,1-3H3,(H2,32,33). The molecule has 2 aromatic heterocycles. The summed E-state index contributed by atoms with van der Waals surface area (Å²) in [4.78, 5) is 21.5. The van der Waals surface area contributed by atoms with Crippen LogP contribution in [0.3, 0.4) is 0 Å². The van der Waals surface area contributed by atoms with Crippen molar-refractivity contribution in [3.8, 4) is 16.2 Å². The fourth-order valence-electron chi connectivity index (χ4n) is 4.91. The summed E-state index contributed by atoms with van der Waals surface area (Å²) in [6.45, 7) is 10.3. The van der Waals surface area contributed by atoms with Gasteiger partial charge in [-0.2, -0.15) is 0 Å². The van der Waals surface area contributed by atoms with E-state index in [4.69, 9.17) is 22.1 Å². The SMILES string of the molecule is Cc1ccc(C)c(COc2cc(-c3ccc(C(=O)CCCCC(C)CN4CCCC4)s3)cnc2N)c1Cl. The van der Waals surface area contributed by atoms with Gasteiger partial charge in [0.1, 0.15) is 6.61 Å². The maximum Gasteiger partial charge on any atom is 0.172 e. The minimum Gasteiger partial charge on any atom is -0.485 e. The van der Waals surface area contributed by atoms with Crippen molar-refractivity contribution in [2.24, 2.45) is 5.92 Å². The van der Waals surface area contributed by atoms with E-state index in [1.54, 1.807) is 6.20 Å². The molecule has 1 fully saturated rings. The number of Topliss-reactive ketones (excluding diaryl/α,β-unsaturated/α-hetero) is 1. The van der Waals surface area contributed by atoms with Crippen LogP contribution < -0.4 is 10.5 Å². The average molecular weight is 540 g/mol. The number of unbranched alkanes of at least 4 members (excludes halogenated alkanes) is 1. The van der Waals surface area contributed by atoms with Gasteiger partial charge >= 0.3 is 0 Å². The number of benzene rings is 1. The minimum atomic E-state index is 0.216. The fraction of sp³-hybridized carbons (Fsp3) is 0.467. The third-order valence-corrected chi connectivity index (χ3v) is 8.91. The summed E-state index contributed by atoms with van der Waals surface area (Å²) in [7, 11) is 0. The van der Waals surface area contributed by atoms with E-state index in [9.17, 15) is 4.79 Å². The first-order valence-electron chi connectivity index (χ1n) is 13.3. The number of carbonyl (C=O) groups excluding carboxylic acids is 1. The number of hydrogen-bond acceptors (Lipinski definition) is 6. The number of anilines is 1. The third kappa shape index (κ3) is 7.34. The molecule has 1 aromatic carbocycles. The van der Waals surface area contributed by atoms with Gasteiger partial charge in [-0.1, -0.05) is 37.1 Å². The van der Waals surface area contributed by atoms with E-state index in [1.165, 1.54) is 50.2 Å². The number of carbonyl (C=O) groups is 1. The molecule has 5 nitrogen and oxygen atoms in total. The van der Waals surface area contributed by atoms with Gasteiger partial charge in [0.05, 0.1) is 9.90 Å². The van der Waals surface area contributed by atoms with Crippen LogP contribution in [0, 0.1) is 19.8 Å². The topological polar surface area (TPSA) is 68.5 Å². The molecule has 37 heavy (non-hydrogen) atoms. The molecule has 1 saturated heterocycles. The lowest BCUT2D eigenvalue weighted by Crippen LogP contribution is -2.25. The zero-order chi connectivity index (χ0) is 26.4. The highest BCUT2D eigenvalue weighted by Gasteiger charge is 2.16. The van der Waals surface area contributed by atoms with Crippen LogP contribution in [0.4, 0.5) is 5.82 Å². The number of thiophene rings is 1. The first kappa shape index (κ1) is 27.6. The number of pyridine rings is 1. The Bertz CT molecular complexity index is 1220. The molecule has 0 spiro atoms. The maximum atomic E-state index is 12.8. The normalized spacial score (nSPS) is 14.7. The number of ketones is 1. The monoisotopic (exact) mass is 539 g/mol. The van der Waals surface area contributed by atoms with Crippen molar-refractivity contribution in [1.82, 2.24) is 9.88 Å². The molecule has 0 radical (unpaired) electrons. The van der Waals surface area contributed by atoms with E-state index >= 15 is 0 Å². The average Bonchev–Trinajstić information content (AvgIpc) is 3.58. The second kappa shape index (κ2) is 12.9. The number of likely N-dealkylation sites (tertiary alicyclic amines) is 1. The molecule has 0 amide bonds. The van der Waals surface area contributed by atoms with Crippen molar-refractivity contribution < 1.29 is 9.53 Å². The van der Waals surface area contributed by atoms with E-state index in [0.717, 1.165) is 44.8 Å². The number of halogens is 1. The maximum absolute atomic E-state index is 12.8. The van der Waals surface area contributed by atoms with Crippen LogP contribution in [-0.4, -0.2) is 35.3 Å². The highest BCUT2D eigenvalue weighted by atomic mass is 35.5. The highest BCUT2D eigenvalue weighted by Crippen LogP contribution is 2.34. The van der Waals surface area contributed by atoms with Crippen molar-refractivity contribution in [2.45, 2.75) is 65.9 Å². The van der Waals surface area contributed by atoms with Crippen LogP contribution in [0.25, 0.3) is 10.4 Å². The molecule has 3 aromatic rings. The van der Waals surface area contributed by atoms with Crippen LogP contribution in [0.2, 0.25) is 5.02 Å². The molecule has 1 atom stereocenters.